The van der Waals surface area contributed by atoms with E-state index < -0.39 is 0 Å². The highest BCUT2D eigenvalue weighted by molar-refractivity contribution is 5.89. The van der Waals surface area contributed by atoms with Crippen LogP contribution in [0.15, 0.2) is 30.3 Å². The van der Waals surface area contributed by atoms with Crippen molar-refractivity contribution in [3.05, 3.63) is 63.8 Å². The van der Waals surface area contributed by atoms with E-state index in [2.05, 4.69) is 61.4 Å². The molecule has 25 heavy (non-hydrogen) atoms. The van der Waals surface area contributed by atoms with E-state index in [1.54, 1.807) is 7.11 Å². The molecule has 0 spiro atoms. The number of ether oxygens (including phenoxy) is 1. The summed E-state index contributed by atoms with van der Waals surface area (Å²) in [5.74, 6) is 0.930. The minimum atomic E-state index is 0.219. The zero-order valence-electron chi connectivity index (χ0n) is 15.5. The molecule has 3 heteroatoms. The largest absolute Gasteiger partial charge is 0.497 e. The Morgan fingerprint density at radius 3 is 2.76 bits per heavy atom. The molecule has 3 aromatic rings. The van der Waals surface area contributed by atoms with Crippen LogP contribution in [0.5, 0.6) is 5.75 Å². The molecular weight excluding hydrogens is 308 g/mol. The summed E-state index contributed by atoms with van der Waals surface area (Å²) in [4.78, 5) is 3.73. The van der Waals surface area contributed by atoms with Gasteiger partial charge in [-0.05, 0) is 72.7 Å². The minimum absolute atomic E-state index is 0.219. The number of aromatic nitrogens is 1. The molecule has 0 saturated heterocycles. The highest BCUT2D eigenvalue weighted by Gasteiger charge is 2.27. The van der Waals surface area contributed by atoms with Crippen LogP contribution in [0.2, 0.25) is 0 Å². The van der Waals surface area contributed by atoms with Gasteiger partial charge in [-0.2, -0.15) is 0 Å². The lowest BCUT2D eigenvalue weighted by molar-refractivity contribution is 0.413. The van der Waals surface area contributed by atoms with Gasteiger partial charge < -0.3 is 15.0 Å². The fraction of sp³-hybridized carbons (Fsp3) is 0.364. The van der Waals surface area contributed by atoms with Gasteiger partial charge in [-0.25, -0.2) is 0 Å². The SMILES string of the molecule is CCc1cc(OC)ccc1C1NCCc2c1[nH]c1cc(C)cc(C)c21. The number of hydrogen-bond donors (Lipinski definition) is 2. The van der Waals surface area contributed by atoms with Gasteiger partial charge in [-0.3, -0.25) is 0 Å². The number of aryl methyl sites for hydroxylation is 3. The van der Waals surface area contributed by atoms with E-state index in [-0.39, 0.29) is 6.04 Å². The van der Waals surface area contributed by atoms with E-state index in [1.807, 2.05) is 0 Å². The molecular formula is C22H26N2O. The van der Waals surface area contributed by atoms with E-state index in [1.165, 1.54) is 44.4 Å². The van der Waals surface area contributed by atoms with Crippen molar-refractivity contribution >= 4 is 10.9 Å². The molecule has 1 aliphatic heterocycles. The fourth-order valence-electron chi connectivity index (χ4n) is 4.33. The first-order chi connectivity index (χ1) is 12.1. The van der Waals surface area contributed by atoms with E-state index in [4.69, 9.17) is 4.74 Å². The van der Waals surface area contributed by atoms with Crippen LogP contribution >= 0.6 is 0 Å². The number of benzene rings is 2. The summed E-state index contributed by atoms with van der Waals surface area (Å²) in [5, 5.41) is 5.14. The highest BCUT2D eigenvalue weighted by Crippen LogP contribution is 2.37. The van der Waals surface area contributed by atoms with Crippen molar-refractivity contribution in [1.29, 1.82) is 0 Å². The Morgan fingerprint density at radius 1 is 1.16 bits per heavy atom. The lowest BCUT2D eigenvalue weighted by atomic mass is 9.90. The molecule has 0 radical (unpaired) electrons. The van der Waals surface area contributed by atoms with Crippen LogP contribution in [0, 0.1) is 13.8 Å². The maximum atomic E-state index is 5.42. The summed E-state index contributed by atoms with van der Waals surface area (Å²) in [6.07, 6.45) is 2.08. The predicted octanol–water partition coefficient (Wildman–Crippen LogP) is 4.59. The molecule has 130 valence electrons. The van der Waals surface area contributed by atoms with Crippen LogP contribution in [0.25, 0.3) is 10.9 Å². The van der Waals surface area contributed by atoms with Crippen molar-refractivity contribution < 1.29 is 4.74 Å². The van der Waals surface area contributed by atoms with Crippen LogP contribution in [0.4, 0.5) is 0 Å². The van der Waals surface area contributed by atoms with E-state index in [9.17, 15) is 0 Å². The zero-order valence-corrected chi connectivity index (χ0v) is 15.5. The molecule has 1 atom stereocenters. The number of fused-ring (bicyclic) bond motifs is 3. The van der Waals surface area contributed by atoms with Crippen molar-refractivity contribution in [3.63, 3.8) is 0 Å². The van der Waals surface area contributed by atoms with Gasteiger partial charge in [-0.15, -0.1) is 0 Å². The highest BCUT2D eigenvalue weighted by atomic mass is 16.5. The fourth-order valence-corrected chi connectivity index (χ4v) is 4.33. The number of methoxy groups -OCH3 is 1. The summed E-state index contributed by atoms with van der Waals surface area (Å²) in [5.41, 5.74) is 9.46. The van der Waals surface area contributed by atoms with E-state index in [0.29, 0.717) is 0 Å². The molecule has 0 bridgehead atoms. The van der Waals surface area contributed by atoms with Crippen molar-refractivity contribution in [1.82, 2.24) is 10.3 Å². The molecule has 0 amide bonds. The van der Waals surface area contributed by atoms with Gasteiger partial charge in [0.2, 0.25) is 0 Å². The standard InChI is InChI=1S/C22H26N2O/c1-5-15-12-16(25-4)6-7-17(15)21-22-18(8-9-23-21)20-14(3)10-13(2)11-19(20)24-22/h6-7,10-12,21,23-24H,5,8-9H2,1-4H3. The molecule has 2 heterocycles. The number of nitrogens with one attached hydrogen (secondary N) is 2. The van der Waals surface area contributed by atoms with E-state index in [0.717, 1.165) is 25.1 Å². The molecule has 4 rings (SSSR count). The Hall–Kier alpha value is -2.26. The Kier molecular flexibility index (Phi) is 4.04. The number of H-pyrrole nitrogens is 1. The maximum absolute atomic E-state index is 5.42. The molecule has 0 aliphatic carbocycles. The lowest BCUT2D eigenvalue weighted by Crippen LogP contribution is -2.31. The molecule has 1 aromatic heterocycles. The Labute approximate surface area is 149 Å². The second-order valence-corrected chi connectivity index (χ2v) is 7.08. The van der Waals surface area contributed by atoms with Gasteiger partial charge in [0.25, 0.3) is 0 Å². The third kappa shape index (κ3) is 2.63. The second-order valence-electron chi connectivity index (χ2n) is 7.08. The monoisotopic (exact) mass is 334 g/mol. The average molecular weight is 334 g/mol. The van der Waals surface area contributed by atoms with Crippen molar-refractivity contribution in [2.24, 2.45) is 0 Å². The summed E-state index contributed by atoms with van der Waals surface area (Å²) in [6.45, 7) is 7.61. The third-order valence-electron chi connectivity index (χ3n) is 5.43. The Morgan fingerprint density at radius 2 is 2.00 bits per heavy atom. The van der Waals surface area contributed by atoms with Crippen LogP contribution in [0.1, 0.15) is 46.5 Å². The van der Waals surface area contributed by atoms with Gasteiger partial charge in [0, 0.05) is 23.1 Å². The van der Waals surface area contributed by atoms with Crippen molar-refractivity contribution in [2.75, 3.05) is 13.7 Å². The summed E-state index contributed by atoms with van der Waals surface area (Å²) < 4.78 is 5.42. The van der Waals surface area contributed by atoms with Gasteiger partial charge >= 0.3 is 0 Å². The normalized spacial score (nSPS) is 16.9. The second kappa shape index (κ2) is 6.23. The van der Waals surface area contributed by atoms with Crippen LogP contribution in [-0.4, -0.2) is 18.6 Å². The Bertz CT molecular complexity index is 939. The third-order valence-corrected chi connectivity index (χ3v) is 5.43. The van der Waals surface area contributed by atoms with Crippen LogP contribution in [-0.2, 0) is 12.8 Å². The minimum Gasteiger partial charge on any atom is -0.497 e. The van der Waals surface area contributed by atoms with Gasteiger partial charge in [0.1, 0.15) is 5.75 Å². The number of rotatable bonds is 3. The van der Waals surface area contributed by atoms with Gasteiger partial charge in [-0.1, -0.05) is 19.1 Å². The molecule has 0 saturated carbocycles. The maximum Gasteiger partial charge on any atom is 0.119 e. The first-order valence-electron chi connectivity index (χ1n) is 9.14. The summed E-state index contributed by atoms with van der Waals surface area (Å²) in [6, 6.07) is 11.2. The molecule has 1 aliphatic rings. The first-order valence-corrected chi connectivity index (χ1v) is 9.14. The predicted molar refractivity (Wildman–Crippen MR) is 104 cm³/mol. The van der Waals surface area contributed by atoms with Crippen LogP contribution < -0.4 is 10.1 Å². The smallest absolute Gasteiger partial charge is 0.119 e. The lowest BCUT2D eigenvalue weighted by Gasteiger charge is -2.27. The average Bonchev–Trinajstić information content (AvgIpc) is 2.99. The molecule has 0 fully saturated rings. The van der Waals surface area contributed by atoms with Crippen molar-refractivity contribution in [3.8, 4) is 5.75 Å². The molecule has 2 aromatic carbocycles. The van der Waals surface area contributed by atoms with Gasteiger partial charge in [0.15, 0.2) is 0 Å². The number of aromatic amines is 1. The Balaban J connectivity index is 1.89. The molecule has 3 nitrogen and oxygen atoms in total. The van der Waals surface area contributed by atoms with E-state index >= 15 is 0 Å². The zero-order chi connectivity index (χ0) is 17.6. The van der Waals surface area contributed by atoms with Crippen LogP contribution in [0.3, 0.4) is 0 Å². The topological polar surface area (TPSA) is 37.0 Å². The molecule has 2 N–H and O–H groups in total. The number of hydrogen-bond acceptors (Lipinski definition) is 2. The van der Waals surface area contributed by atoms with Gasteiger partial charge in [0.05, 0.1) is 13.2 Å². The quantitative estimate of drug-likeness (QED) is 0.735. The van der Waals surface area contributed by atoms with Crippen molar-refractivity contribution in [2.45, 2.75) is 39.7 Å². The first kappa shape index (κ1) is 16.2. The molecule has 1 unspecified atom stereocenters. The summed E-state index contributed by atoms with van der Waals surface area (Å²) >= 11 is 0. The summed E-state index contributed by atoms with van der Waals surface area (Å²) in [7, 11) is 1.73.